The molecule has 0 aromatic heterocycles. The Hall–Kier alpha value is 1.61. The summed E-state index contributed by atoms with van der Waals surface area (Å²) in [6.45, 7) is 0. The molecule has 6 heavy (non-hydrogen) atoms. The fourth-order valence-corrected chi connectivity index (χ4v) is 0. The van der Waals surface area contributed by atoms with E-state index in [0.29, 0.717) is 0 Å². The molecule has 0 aliphatic carbocycles. The Balaban J connectivity index is -0.0000000450. The second kappa shape index (κ2) is 9.79. The van der Waals surface area contributed by atoms with Crippen LogP contribution in [0.15, 0.2) is 0 Å². The first-order valence-electron chi connectivity index (χ1n) is 0.507. The van der Waals surface area contributed by atoms with Crippen molar-refractivity contribution in [2.45, 2.75) is 0 Å². The van der Waals surface area contributed by atoms with Gasteiger partial charge in [-0.15, -0.1) is 0 Å². The van der Waals surface area contributed by atoms with Crippen molar-refractivity contribution in [3.05, 3.63) is 0 Å². The van der Waals surface area contributed by atoms with Crippen LogP contribution >= 0.6 is 26.5 Å². The average molecular weight is 264 g/mol. The summed E-state index contributed by atoms with van der Waals surface area (Å²) in [7, 11) is 15.0. The Morgan fingerprint density at radius 3 is 0.833 bits per heavy atom. The van der Waals surface area contributed by atoms with Gasteiger partial charge in [0.1, 0.15) is 0 Å². The Morgan fingerprint density at radius 2 is 0.833 bits per heavy atom. The van der Waals surface area contributed by atoms with Crippen molar-refractivity contribution >= 4 is 43.3 Å². The molecule has 0 saturated carbocycles. The van der Waals surface area contributed by atoms with E-state index in [-0.39, 0.29) is 11.0 Å². The Labute approximate surface area is 54.0 Å². The number of halogens is 3. The van der Waals surface area contributed by atoms with Crippen molar-refractivity contribution in [1.82, 2.24) is 0 Å². The van der Waals surface area contributed by atoms with E-state index in [1.54, 1.807) is 0 Å². The molecular weight excluding hydrogens is 260 g/mol. The maximum absolute atomic E-state index is 4.99. The van der Waals surface area contributed by atoms with Crippen LogP contribution in [0.1, 0.15) is 0 Å². The van der Waals surface area contributed by atoms with E-state index < -0.39 is 16.8 Å². The van der Waals surface area contributed by atoms with E-state index in [9.17, 15) is 0 Å². The summed E-state index contributed by atoms with van der Waals surface area (Å²) in [5, 5.41) is 0. The molecule has 0 radical (unpaired) electrons. The summed E-state index contributed by atoms with van der Waals surface area (Å²) in [4.78, 5) is 0. The van der Waals surface area contributed by atoms with Crippen molar-refractivity contribution in [3.63, 3.8) is 0 Å². The van der Waals surface area contributed by atoms with E-state index in [2.05, 4.69) is 0 Å². The Kier molecular flexibility index (Phi) is 25.5. The second-order valence-corrected chi connectivity index (χ2v) is 11.6. The first-order valence-corrected chi connectivity index (χ1v) is 10.2. The fourth-order valence-electron chi connectivity index (χ4n) is 0. The molecule has 2 nitrogen and oxygen atoms in total. The molecule has 0 bridgehead atoms. The van der Waals surface area contributed by atoms with Crippen molar-refractivity contribution in [1.29, 1.82) is 0 Å². The molecule has 0 aliphatic heterocycles. The van der Waals surface area contributed by atoms with Crippen molar-refractivity contribution in [3.8, 4) is 0 Å². The number of rotatable bonds is 0. The summed E-state index contributed by atoms with van der Waals surface area (Å²) < 4.78 is 0. The molecule has 0 amide bonds. The third-order valence-electron chi connectivity index (χ3n) is 0. The van der Waals surface area contributed by atoms with Crippen LogP contribution in [0.2, 0.25) is 0 Å². The van der Waals surface area contributed by atoms with Gasteiger partial charge in [-0.25, -0.2) is 0 Å². The molecule has 0 fully saturated rings. The van der Waals surface area contributed by atoms with Gasteiger partial charge in [-0.1, -0.05) is 0 Å². The van der Waals surface area contributed by atoms with Crippen LogP contribution in [-0.2, 0) is 0 Å². The zero-order valence-corrected chi connectivity index (χ0v) is 7.40. The van der Waals surface area contributed by atoms with Crippen molar-refractivity contribution in [2.24, 2.45) is 0 Å². The van der Waals surface area contributed by atoms with Gasteiger partial charge in [-0.05, 0) is 0 Å². The van der Waals surface area contributed by atoms with Gasteiger partial charge < -0.3 is 11.0 Å². The molecule has 6 heteroatoms. The first kappa shape index (κ1) is 15.6. The Morgan fingerprint density at radius 1 is 0.833 bits per heavy atom. The summed E-state index contributed by atoms with van der Waals surface area (Å²) in [6.07, 6.45) is 0. The van der Waals surface area contributed by atoms with Crippen LogP contribution in [0, 0.1) is 0 Å². The van der Waals surface area contributed by atoms with Crippen LogP contribution in [0.3, 0.4) is 0 Å². The SMILES string of the molecule is O.O.[Cl][Sb]([Cl])[Cl]. The molecule has 0 rings (SSSR count). The second-order valence-electron chi connectivity index (χ2n) is 0.192. The van der Waals surface area contributed by atoms with Gasteiger partial charge in [-0.3, -0.25) is 0 Å². The number of hydrogen-bond acceptors (Lipinski definition) is 0. The van der Waals surface area contributed by atoms with Gasteiger partial charge in [0.05, 0.1) is 0 Å². The third kappa shape index (κ3) is 46.0. The summed E-state index contributed by atoms with van der Waals surface area (Å²) in [5.74, 6) is 0. The number of hydrogen-bond donors (Lipinski definition) is 0. The van der Waals surface area contributed by atoms with Gasteiger partial charge >= 0.3 is 43.3 Å². The van der Waals surface area contributed by atoms with Gasteiger partial charge in [0.25, 0.3) is 0 Å². The van der Waals surface area contributed by atoms with Gasteiger partial charge in [-0.2, -0.15) is 0 Å². The zero-order valence-electron chi connectivity index (χ0n) is 2.58. The van der Waals surface area contributed by atoms with Crippen LogP contribution in [0.4, 0.5) is 0 Å². The van der Waals surface area contributed by atoms with E-state index in [4.69, 9.17) is 26.5 Å². The summed E-state index contributed by atoms with van der Waals surface area (Å²) in [5.41, 5.74) is 0. The summed E-state index contributed by atoms with van der Waals surface area (Å²) in [6, 6.07) is 0. The van der Waals surface area contributed by atoms with Gasteiger partial charge in [0.2, 0.25) is 0 Å². The molecule has 0 aromatic carbocycles. The molecule has 0 saturated heterocycles. The predicted molar refractivity (Wildman–Crippen MR) is 30.5 cm³/mol. The van der Waals surface area contributed by atoms with E-state index in [0.717, 1.165) is 0 Å². The standard InChI is InChI=1S/3ClH.2H2O.Sb/h3*1H;2*1H2;/q;;;;;+3/p-3. The van der Waals surface area contributed by atoms with Crippen LogP contribution in [-0.4, -0.2) is 27.7 Å². The third-order valence-corrected chi connectivity index (χ3v) is 0. The van der Waals surface area contributed by atoms with E-state index >= 15 is 0 Å². The van der Waals surface area contributed by atoms with Gasteiger partial charge in [0, 0.05) is 0 Å². The minimum atomic E-state index is -2.03. The van der Waals surface area contributed by atoms with Crippen molar-refractivity contribution < 1.29 is 11.0 Å². The normalized spacial score (nSPS) is 6.00. The molecule has 0 spiro atoms. The molecule has 0 aromatic rings. The average Bonchev–Trinajstić information content (AvgIpc) is 0.811. The van der Waals surface area contributed by atoms with Gasteiger partial charge in [0.15, 0.2) is 0 Å². The quantitative estimate of drug-likeness (QED) is 0.554. The topological polar surface area (TPSA) is 63.0 Å². The Bertz CT molecular complexity index is 13.5. The zero-order chi connectivity index (χ0) is 3.58. The first-order chi connectivity index (χ1) is 1.73. The van der Waals surface area contributed by atoms with Crippen molar-refractivity contribution in [2.75, 3.05) is 0 Å². The monoisotopic (exact) mass is 262 g/mol. The molecule has 0 atom stereocenters. The van der Waals surface area contributed by atoms with Crippen LogP contribution < -0.4 is 0 Å². The molecule has 0 aliphatic rings. The van der Waals surface area contributed by atoms with E-state index in [1.807, 2.05) is 0 Å². The summed E-state index contributed by atoms with van der Waals surface area (Å²) >= 11 is -2.03. The van der Waals surface area contributed by atoms with Crippen LogP contribution in [0.25, 0.3) is 0 Å². The maximum atomic E-state index is 4.99. The molecule has 0 heterocycles. The van der Waals surface area contributed by atoms with Crippen LogP contribution in [0.5, 0.6) is 0 Å². The van der Waals surface area contributed by atoms with E-state index in [1.165, 1.54) is 0 Å². The molecular formula is H4Cl3O2Sb. The minimum absolute atomic E-state index is 0. The predicted octanol–water partition coefficient (Wildman–Crippen LogP) is 0.0383. The molecule has 42 valence electrons. The fraction of sp³-hybridized carbons (Fsp3) is 0. The molecule has 0 unspecified atom stereocenters. The molecule has 4 N–H and O–H groups in total.